The van der Waals surface area contributed by atoms with Gasteiger partial charge in [0.2, 0.25) is 0 Å². The van der Waals surface area contributed by atoms with E-state index < -0.39 is 5.79 Å². The fraction of sp³-hybridized carbons (Fsp3) is 0.636. The summed E-state index contributed by atoms with van der Waals surface area (Å²) in [5.41, 5.74) is 0. The molecule has 6 heteroatoms. The molecule has 0 saturated carbocycles. The number of nitrogens with zero attached hydrogens (tertiary/aromatic N) is 1. The summed E-state index contributed by atoms with van der Waals surface area (Å²) in [5.74, 6) is -1.46. The van der Waals surface area contributed by atoms with Crippen molar-refractivity contribution >= 4 is 11.8 Å². The monoisotopic (exact) mass is 241 g/mol. The first-order valence-corrected chi connectivity index (χ1v) is 5.47. The summed E-state index contributed by atoms with van der Waals surface area (Å²) in [6, 6.07) is 0. The van der Waals surface area contributed by atoms with Crippen LogP contribution in [0.2, 0.25) is 0 Å². The molecule has 2 aliphatic heterocycles. The van der Waals surface area contributed by atoms with Crippen molar-refractivity contribution in [3.8, 4) is 0 Å². The maximum Gasteiger partial charge on any atom is 0.255 e. The van der Waals surface area contributed by atoms with E-state index in [4.69, 9.17) is 14.2 Å². The molecule has 0 aromatic heterocycles. The lowest BCUT2D eigenvalue weighted by Crippen LogP contribution is -2.45. The molecule has 0 spiro atoms. The minimum Gasteiger partial charge on any atom is -0.381 e. The Morgan fingerprint density at radius 2 is 1.88 bits per heavy atom. The Morgan fingerprint density at radius 3 is 2.41 bits per heavy atom. The number of imide groups is 1. The number of hydrogen-bond acceptors (Lipinski definition) is 5. The van der Waals surface area contributed by atoms with Crippen LogP contribution in [0.5, 0.6) is 0 Å². The topological polar surface area (TPSA) is 65.1 Å². The molecule has 0 aliphatic carbocycles. The molecule has 2 amide bonds. The molecule has 0 N–H and O–H groups in total. The van der Waals surface area contributed by atoms with E-state index in [2.05, 4.69) is 0 Å². The zero-order chi connectivity index (χ0) is 12.3. The molecule has 1 saturated heterocycles. The molecule has 0 aromatic carbocycles. The minimum atomic E-state index is -0.749. The van der Waals surface area contributed by atoms with Crippen molar-refractivity contribution in [3.63, 3.8) is 0 Å². The molecule has 6 nitrogen and oxygen atoms in total. The van der Waals surface area contributed by atoms with E-state index in [9.17, 15) is 9.59 Å². The Balaban J connectivity index is 1.92. The lowest BCUT2D eigenvalue weighted by molar-refractivity contribution is -0.266. The minimum absolute atomic E-state index is 0.0848. The second-order valence-corrected chi connectivity index (χ2v) is 3.94. The van der Waals surface area contributed by atoms with Gasteiger partial charge in [0.25, 0.3) is 11.8 Å². The molecular weight excluding hydrogens is 226 g/mol. The third-order valence-corrected chi connectivity index (χ3v) is 2.98. The molecule has 2 heterocycles. The average Bonchev–Trinajstić information content (AvgIpc) is 2.68. The first-order chi connectivity index (χ1) is 8.17. The molecule has 2 rings (SSSR count). The van der Waals surface area contributed by atoms with Gasteiger partial charge < -0.3 is 14.2 Å². The van der Waals surface area contributed by atoms with Crippen LogP contribution >= 0.6 is 0 Å². The van der Waals surface area contributed by atoms with Gasteiger partial charge in [-0.3, -0.25) is 14.5 Å². The average molecular weight is 241 g/mol. The van der Waals surface area contributed by atoms with Gasteiger partial charge >= 0.3 is 0 Å². The number of amides is 2. The molecule has 94 valence electrons. The van der Waals surface area contributed by atoms with Crippen molar-refractivity contribution in [1.29, 1.82) is 0 Å². The maximum absolute atomic E-state index is 11.3. The van der Waals surface area contributed by atoms with Crippen LogP contribution in [-0.4, -0.2) is 49.6 Å². The van der Waals surface area contributed by atoms with E-state index in [1.807, 2.05) is 0 Å². The third-order valence-electron chi connectivity index (χ3n) is 2.98. The van der Waals surface area contributed by atoms with Crippen LogP contribution in [0.25, 0.3) is 0 Å². The summed E-state index contributed by atoms with van der Waals surface area (Å²) in [7, 11) is 1.55. The van der Waals surface area contributed by atoms with Crippen LogP contribution in [0.15, 0.2) is 12.2 Å². The smallest absolute Gasteiger partial charge is 0.255 e. The molecule has 0 radical (unpaired) electrons. The number of methoxy groups -OCH3 is 1. The fourth-order valence-electron chi connectivity index (χ4n) is 1.83. The van der Waals surface area contributed by atoms with Crippen molar-refractivity contribution in [1.82, 2.24) is 4.90 Å². The Hall–Kier alpha value is -1.24. The summed E-state index contributed by atoms with van der Waals surface area (Å²) in [4.78, 5) is 23.7. The summed E-state index contributed by atoms with van der Waals surface area (Å²) in [6.45, 7) is 1.01. The lowest BCUT2D eigenvalue weighted by atomic mass is 10.1. The van der Waals surface area contributed by atoms with Crippen LogP contribution in [0.1, 0.15) is 12.8 Å². The molecule has 0 unspecified atom stereocenters. The predicted molar refractivity (Wildman–Crippen MR) is 56.7 cm³/mol. The first-order valence-electron chi connectivity index (χ1n) is 5.47. The lowest BCUT2D eigenvalue weighted by Gasteiger charge is -2.36. The molecule has 0 atom stereocenters. The highest BCUT2D eigenvalue weighted by Crippen LogP contribution is 2.26. The zero-order valence-electron chi connectivity index (χ0n) is 9.68. The van der Waals surface area contributed by atoms with Crippen molar-refractivity contribution in [2.75, 3.05) is 27.1 Å². The van der Waals surface area contributed by atoms with Gasteiger partial charge in [-0.15, -0.1) is 0 Å². The number of carbonyl (C=O) groups excluding carboxylic acids is 2. The van der Waals surface area contributed by atoms with E-state index in [0.29, 0.717) is 26.1 Å². The van der Waals surface area contributed by atoms with Gasteiger partial charge in [-0.1, -0.05) is 0 Å². The van der Waals surface area contributed by atoms with Crippen LogP contribution in [0.4, 0.5) is 0 Å². The van der Waals surface area contributed by atoms with Crippen molar-refractivity contribution in [2.45, 2.75) is 18.6 Å². The third kappa shape index (κ3) is 2.54. The maximum atomic E-state index is 11.3. The first kappa shape index (κ1) is 12.2. The second kappa shape index (κ2) is 4.95. The SMILES string of the molecule is COC1(OCN2C(=O)C=CC2=O)CCOCC1. The van der Waals surface area contributed by atoms with Crippen LogP contribution < -0.4 is 0 Å². The highest BCUT2D eigenvalue weighted by molar-refractivity contribution is 6.12. The number of ether oxygens (including phenoxy) is 3. The van der Waals surface area contributed by atoms with Gasteiger partial charge in [0.05, 0.1) is 13.2 Å². The molecule has 2 aliphatic rings. The second-order valence-electron chi connectivity index (χ2n) is 3.94. The van der Waals surface area contributed by atoms with Gasteiger partial charge in [0, 0.05) is 32.1 Å². The molecule has 1 fully saturated rings. The number of rotatable bonds is 4. The molecule has 0 bridgehead atoms. The molecule has 17 heavy (non-hydrogen) atoms. The predicted octanol–water partition coefficient (Wildman–Crippen LogP) is 0.0386. The van der Waals surface area contributed by atoms with Gasteiger partial charge in [0.1, 0.15) is 6.73 Å². The molecule has 0 aromatic rings. The Labute approximate surface area is 99.1 Å². The van der Waals surface area contributed by atoms with Crippen LogP contribution in [-0.2, 0) is 23.8 Å². The number of carbonyl (C=O) groups is 2. The van der Waals surface area contributed by atoms with Gasteiger partial charge in [-0.05, 0) is 0 Å². The summed E-state index contributed by atoms with van der Waals surface area (Å²) in [6.07, 6.45) is 3.64. The zero-order valence-corrected chi connectivity index (χ0v) is 9.68. The van der Waals surface area contributed by atoms with Gasteiger partial charge in [-0.25, -0.2) is 0 Å². The van der Waals surface area contributed by atoms with E-state index in [0.717, 1.165) is 4.90 Å². The van der Waals surface area contributed by atoms with Crippen molar-refractivity contribution < 1.29 is 23.8 Å². The summed E-state index contributed by atoms with van der Waals surface area (Å²) in [5, 5.41) is 0. The van der Waals surface area contributed by atoms with E-state index in [-0.39, 0.29) is 18.5 Å². The Bertz CT molecular complexity index is 328. The van der Waals surface area contributed by atoms with E-state index in [1.165, 1.54) is 12.2 Å². The normalized spacial score (nSPS) is 23.5. The summed E-state index contributed by atoms with van der Waals surface area (Å²) >= 11 is 0. The summed E-state index contributed by atoms with van der Waals surface area (Å²) < 4.78 is 16.1. The van der Waals surface area contributed by atoms with Gasteiger partial charge in [-0.2, -0.15) is 0 Å². The van der Waals surface area contributed by atoms with Crippen LogP contribution in [0.3, 0.4) is 0 Å². The largest absolute Gasteiger partial charge is 0.381 e. The van der Waals surface area contributed by atoms with Crippen molar-refractivity contribution in [2.24, 2.45) is 0 Å². The fourth-order valence-corrected chi connectivity index (χ4v) is 1.83. The molecular formula is C11H15NO5. The van der Waals surface area contributed by atoms with Crippen LogP contribution in [0, 0.1) is 0 Å². The van der Waals surface area contributed by atoms with E-state index in [1.54, 1.807) is 7.11 Å². The Kier molecular flexibility index (Phi) is 3.56. The number of hydrogen-bond donors (Lipinski definition) is 0. The Morgan fingerprint density at radius 1 is 1.29 bits per heavy atom. The van der Waals surface area contributed by atoms with Crippen molar-refractivity contribution in [3.05, 3.63) is 12.2 Å². The standard InChI is InChI=1S/C11H15NO5/c1-15-11(4-6-16-7-5-11)17-8-12-9(13)2-3-10(12)14/h2-3H,4-8H2,1H3. The highest BCUT2D eigenvalue weighted by Gasteiger charge is 2.35. The van der Waals surface area contributed by atoms with Gasteiger partial charge in [0.15, 0.2) is 5.79 Å². The highest BCUT2D eigenvalue weighted by atomic mass is 16.7. The van der Waals surface area contributed by atoms with E-state index >= 15 is 0 Å². The quantitative estimate of drug-likeness (QED) is 0.513.